The first-order valence-corrected chi connectivity index (χ1v) is 18.8. The zero-order chi connectivity index (χ0) is 34.9. The smallest absolute Gasteiger partial charge is 0.143 e. The molecule has 53 heavy (non-hydrogen) atoms. The number of anilines is 3. The van der Waals surface area contributed by atoms with Gasteiger partial charge >= 0.3 is 0 Å². The molecule has 0 radical (unpaired) electrons. The Morgan fingerprint density at radius 1 is 0.377 bits per heavy atom. The van der Waals surface area contributed by atoms with Crippen LogP contribution in [0.2, 0.25) is 0 Å². The maximum Gasteiger partial charge on any atom is 0.143 e. The van der Waals surface area contributed by atoms with Crippen molar-refractivity contribution in [2.45, 2.75) is 0 Å². The predicted molar refractivity (Wildman–Crippen MR) is 227 cm³/mol. The van der Waals surface area contributed by atoms with Gasteiger partial charge in [-0.1, -0.05) is 127 Å². The van der Waals surface area contributed by atoms with Crippen LogP contribution in [0.3, 0.4) is 0 Å². The van der Waals surface area contributed by atoms with Crippen molar-refractivity contribution in [3.05, 3.63) is 188 Å². The Morgan fingerprint density at radius 2 is 1.00 bits per heavy atom. The molecular weight excluding hydrogens is 663 g/mol. The molecule has 2 aromatic heterocycles. The van der Waals surface area contributed by atoms with E-state index in [1.54, 1.807) is 0 Å². The number of rotatable bonds is 5. The monoisotopic (exact) mass is 693 g/mol. The van der Waals surface area contributed by atoms with Crippen LogP contribution in [0.15, 0.2) is 192 Å². The molecule has 0 bridgehead atoms. The van der Waals surface area contributed by atoms with Gasteiger partial charge in [-0.15, -0.1) is 11.3 Å². The van der Waals surface area contributed by atoms with Crippen LogP contribution in [0.5, 0.6) is 0 Å². The molecule has 9 aromatic carbocycles. The van der Waals surface area contributed by atoms with E-state index < -0.39 is 0 Å². The molecule has 0 aliphatic carbocycles. The summed E-state index contributed by atoms with van der Waals surface area (Å²) < 4.78 is 9.55. The minimum atomic E-state index is 0.865. The molecule has 11 aromatic rings. The van der Waals surface area contributed by atoms with Crippen LogP contribution < -0.4 is 4.90 Å². The summed E-state index contributed by atoms with van der Waals surface area (Å²) in [6.07, 6.45) is 0. The van der Waals surface area contributed by atoms with Crippen molar-refractivity contribution < 1.29 is 4.42 Å². The van der Waals surface area contributed by atoms with Gasteiger partial charge in [-0.2, -0.15) is 0 Å². The second-order valence-electron chi connectivity index (χ2n) is 13.7. The molecule has 0 aliphatic heterocycles. The standard InChI is InChI=1S/C50H31NOS/c1-2-10-32(11-3-1)34-20-22-38(23-21-34)51(40-24-26-43-42-16-8-9-17-47(42)53-48(43)31-40)39-25-27-44-46(30-39)52-50-45(29-36-14-6-7-15-41(36)49(44)50)37-19-18-33-12-4-5-13-35(33)28-37/h1-31H. The van der Waals surface area contributed by atoms with Crippen LogP contribution in [0, 0.1) is 0 Å². The molecule has 0 aliphatic rings. The first-order chi connectivity index (χ1) is 26.2. The van der Waals surface area contributed by atoms with E-state index in [1.165, 1.54) is 52.8 Å². The van der Waals surface area contributed by atoms with Crippen LogP contribution in [0.4, 0.5) is 17.1 Å². The Hall–Kier alpha value is -6.68. The fourth-order valence-corrected chi connectivity index (χ4v) is 9.20. The lowest BCUT2D eigenvalue weighted by molar-refractivity contribution is 0.670. The van der Waals surface area contributed by atoms with Gasteiger partial charge in [0, 0.05) is 59.6 Å². The highest BCUT2D eigenvalue weighted by Gasteiger charge is 2.20. The van der Waals surface area contributed by atoms with E-state index in [-0.39, 0.29) is 0 Å². The van der Waals surface area contributed by atoms with Crippen molar-refractivity contribution in [3.63, 3.8) is 0 Å². The quantitative estimate of drug-likeness (QED) is 0.178. The van der Waals surface area contributed by atoms with Gasteiger partial charge in [0.1, 0.15) is 11.2 Å². The topological polar surface area (TPSA) is 16.4 Å². The van der Waals surface area contributed by atoms with Crippen molar-refractivity contribution in [1.82, 2.24) is 0 Å². The van der Waals surface area contributed by atoms with Crippen LogP contribution in [-0.4, -0.2) is 0 Å². The average molecular weight is 694 g/mol. The van der Waals surface area contributed by atoms with Crippen LogP contribution >= 0.6 is 11.3 Å². The molecule has 0 saturated carbocycles. The van der Waals surface area contributed by atoms with E-state index in [9.17, 15) is 0 Å². The van der Waals surface area contributed by atoms with Crippen molar-refractivity contribution in [1.29, 1.82) is 0 Å². The predicted octanol–water partition coefficient (Wildman–Crippen LogP) is 15.1. The van der Waals surface area contributed by atoms with Crippen LogP contribution in [0.25, 0.3) is 85.9 Å². The van der Waals surface area contributed by atoms with E-state index in [1.807, 2.05) is 11.3 Å². The van der Waals surface area contributed by atoms with Gasteiger partial charge in [0.15, 0.2) is 0 Å². The molecule has 2 nitrogen and oxygen atoms in total. The normalized spacial score (nSPS) is 11.8. The van der Waals surface area contributed by atoms with Gasteiger partial charge in [0.05, 0.1) is 0 Å². The SMILES string of the molecule is c1ccc(-c2ccc(N(c3ccc4c(c3)oc3c(-c5ccc6ccccc6c5)cc5ccccc5c34)c3ccc4c(c3)sc3ccccc34)cc2)cc1. The second-order valence-corrected chi connectivity index (χ2v) is 14.8. The van der Waals surface area contributed by atoms with Gasteiger partial charge in [-0.05, 0) is 92.8 Å². The molecular formula is C50H31NOS. The molecule has 0 atom stereocenters. The summed E-state index contributed by atoms with van der Waals surface area (Å²) in [6.45, 7) is 0. The third kappa shape index (κ3) is 4.93. The summed E-state index contributed by atoms with van der Waals surface area (Å²) in [7, 11) is 0. The summed E-state index contributed by atoms with van der Waals surface area (Å²) in [5, 5.41) is 9.70. The van der Waals surface area contributed by atoms with Crippen molar-refractivity contribution >= 4 is 92.1 Å². The summed E-state index contributed by atoms with van der Waals surface area (Å²) >= 11 is 1.84. The van der Waals surface area contributed by atoms with Crippen LogP contribution in [0.1, 0.15) is 0 Å². The molecule has 0 N–H and O–H groups in total. The molecule has 11 rings (SSSR count). The van der Waals surface area contributed by atoms with Gasteiger partial charge in [-0.3, -0.25) is 0 Å². The summed E-state index contributed by atoms with van der Waals surface area (Å²) in [5.74, 6) is 0. The minimum Gasteiger partial charge on any atom is -0.455 e. The van der Waals surface area contributed by atoms with Crippen molar-refractivity contribution in [2.24, 2.45) is 0 Å². The molecule has 0 saturated heterocycles. The third-order valence-electron chi connectivity index (χ3n) is 10.6. The summed E-state index contributed by atoms with van der Waals surface area (Å²) in [4.78, 5) is 2.35. The van der Waals surface area contributed by atoms with E-state index >= 15 is 0 Å². The van der Waals surface area contributed by atoms with Crippen molar-refractivity contribution in [2.75, 3.05) is 4.90 Å². The minimum absolute atomic E-state index is 0.865. The molecule has 2 heterocycles. The Morgan fingerprint density at radius 3 is 1.85 bits per heavy atom. The Bertz CT molecular complexity index is 3170. The maximum atomic E-state index is 6.98. The number of benzene rings is 9. The lowest BCUT2D eigenvalue weighted by Gasteiger charge is -2.26. The van der Waals surface area contributed by atoms with Crippen LogP contribution in [-0.2, 0) is 0 Å². The first-order valence-electron chi connectivity index (χ1n) is 18.0. The Balaban J connectivity index is 1.12. The molecule has 0 amide bonds. The fourth-order valence-electron chi connectivity index (χ4n) is 8.06. The number of fused-ring (bicyclic) bond motifs is 9. The Kier molecular flexibility index (Phi) is 6.76. The molecule has 0 spiro atoms. The van der Waals surface area contributed by atoms with E-state index in [2.05, 4.69) is 193 Å². The van der Waals surface area contributed by atoms with E-state index in [4.69, 9.17) is 4.42 Å². The highest BCUT2D eigenvalue weighted by Crippen LogP contribution is 2.45. The van der Waals surface area contributed by atoms with Gasteiger partial charge < -0.3 is 9.32 Å². The van der Waals surface area contributed by atoms with Gasteiger partial charge in [0.25, 0.3) is 0 Å². The lowest BCUT2D eigenvalue weighted by Crippen LogP contribution is -2.09. The molecule has 248 valence electrons. The van der Waals surface area contributed by atoms with Crippen molar-refractivity contribution in [3.8, 4) is 22.3 Å². The largest absolute Gasteiger partial charge is 0.455 e. The highest BCUT2D eigenvalue weighted by atomic mass is 32.1. The Labute approximate surface area is 310 Å². The number of hydrogen-bond donors (Lipinski definition) is 0. The number of hydrogen-bond acceptors (Lipinski definition) is 3. The number of nitrogens with zero attached hydrogens (tertiary/aromatic N) is 1. The van der Waals surface area contributed by atoms with E-state index in [0.717, 1.165) is 50.1 Å². The highest BCUT2D eigenvalue weighted by molar-refractivity contribution is 7.25. The molecule has 0 unspecified atom stereocenters. The maximum absolute atomic E-state index is 6.98. The zero-order valence-electron chi connectivity index (χ0n) is 28.7. The first kappa shape index (κ1) is 30.0. The zero-order valence-corrected chi connectivity index (χ0v) is 29.5. The number of thiophene rings is 1. The van der Waals surface area contributed by atoms with E-state index in [0.29, 0.717) is 0 Å². The lowest BCUT2D eigenvalue weighted by atomic mass is 9.95. The summed E-state index contributed by atoms with van der Waals surface area (Å²) in [6, 6.07) is 67.9. The number of furan rings is 1. The third-order valence-corrected chi connectivity index (χ3v) is 11.8. The van der Waals surface area contributed by atoms with Gasteiger partial charge in [-0.25, -0.2) is 0 Å². The van der Waals surface area contributed by atoms with Gasteiger partial charge in [0.2, 0.25) is 0 Å². The molecule has 0 fully saturated rings. The average Bonchev–Trinajstić information content (AvgIpc) is 3.79. The summed E-state index contributed by atoms with van der Waals surface area (Å²) in [5.41, 5.74) is 9.66. The second kappa shape index (κ2) is 11.9. The fraction of sp³-hybridized carbons (Fsp3) is 0. The molecule has 3 heteroatoms.